The summed E-state index contributed by atoms with van der Waals surface area (Å²) < 4.78 is 0. The summed E-state index contributed by atoms with van der Waals surface area (Å²) in [6, 6.07) is 6.89. The Balaban J connectivity index is 2.01. The second-order valence-corrected chi connectivity index (χ2v) is 7.26. The molecule has 1 aliphatic rings. The molecule has 1 aromatic rings. The molecule has 0 spiro atoms. The van der Waals surface area contributed by atoms with E-state index in [1.807, 2.05) is 13.8 Å². The van der Waals surface area contributed by atoms with Gasteiger partial charge in [-0.15, -0.1) is 0 Å². The highest BCUT2D eigenvalue weighted by Crippen LogP contribution is 2.21. The van der Waals surface area contributed by atoms with Crippen LogP contribution in [0.2, 0.25) is 5.02 Å². The normalized spacial score (nSPS) is 18.6. The third-order valence-corrected chi connectivity index (χ3v) is 4.77. The molecule has 1 saturated heterocycles. The number of nitrogens with one attached hydrogen (secondary N) is 1. The maximum atomic E-state index is 12.6. The number of hydrogen-bond acceptors (Lipinski definition) is 2. The third-order valence-electron chi connectivity index (χ3n) is 4.52. The van der Waals surface area contributed by atoms with E-state index < -0.39 is 0 Å². The van der Waals surface area contributed by atoms with Gasteiger partial charge >= 0.3 is 0 Å². The van der Waals surface area contributed by atoms with Crippen molar-refractivity contribution in [1.82, 2.24) is 10.2 Å². The molecule has 0 radical (unpaired) electrons. The molecular formula is C18H25ClN2O2. The Morgan fingerprint density at radius 1 is 1.30 bits per heavy atom. The molecule has 1 unspecified atom stereocenters. The molecule has 1 heterocycles. The molecule has 4 nitrogen and oxygen atoms in total. The molecule has 0 saturated carbocycles. The van der Waals surface area contributed by atoms with Crippen molar-refractivity contribution in [3.05, 3.63) is 34.9 Å². The molecule has 2 amide bonds. The van der Waals surface area contributed by atoms with Gasteiger partial charge in [0.2, 0.25) is 5.91 Å². The molecule has 0 aromatic heterocycles. The lowest BCUT2D eigenvalue weighted by atomic mass is 9.94. The van der Waals surface area contributed by atoms with Crippen molar-refractivity contribution in [1.29, 1.82) is 0 Å². The first-order chi connectivity index (χ1) is 10.8. The maximum Gasteiger partial charge on any atom is 0.253 e. The number of rotatable bonds is 4. The summed E-state index contributed by atoms with van der Waals surface area (Å²) in [7, 11) is 0. The van der Waals surface area contributed by atoms with Gasteiger partial charge in [-0.3, -0.25) is 9.59 Å². The number of nitrogens with zero attached hydrogens (tertiary/aromatic N) is 1. The van der Waals surface area contributed by atoms with E-state index in [2.05, 4.69) is 12.2 Å². The van der Waals surface area contributed by atoms with E-state index in [4.69, 9.17) is 11.6 Å². The van der Waals surface area contributed by atoms with Crippen molar-refractivity contribution in [2.75, 3.05) is 13.1 Å². The zero-order valence-electron chi connectivity index (χ0n) is 14.1. The predicted molar refractivity (Wildman–Crippen MR) is 92.6 cm³/mol. The fraction of sp³-hybridized carbons (Fsp3) is 0.556. The molecule has 1 fully saturated rings. The molecule has 1 atom stereocenters. The summed E-state index contributed by atoms with van der Waals surface area (Å²) in [4.78, 5) is 26.8. The topological polar surface area (TPSA) is 49.4 Å². The first-order valence-corrected chi connectivity index (χ1v) is 8.57. The molecule has 0 bridgehead atoms. The van der Waals surface area contributed by atoms with Gasteiger partial charge in [-0.25, -0.2) is 0 Å². The van der Waals surface area contributed by atoms with Gasteiger partial charge in [-0.05, 0) is 57.4 Å². The maximum absolute atomic E-state index is 12.6. The van der Waals surface area contributed by atoms with Gasteiger partial charge in [0.25, 0.3) is 5.91 Å². The quantitative estimate of drug-likeness (QED) is 0.914. The number of hydrogen-bond donors (Lipinski definition) is 1. The van der Waals surface area contributed by atoms with Crippen LogP contribution in [-0.4, -0.2) is 35.3 Å². The van der Waals surface area contributed by atoms with Crippen LogP contribution in [-0.2, 0) is 4.79 Å². The van der Waals surface area contributed by atoms with Crippen LogP contribution in [0.25, 0.3) is 0 Å². The van der Waals surface area contributed by atoms with Gasteiger partial charge in [0.15, 0.2) is 0 Å². The molecular weight excluding hydrogens is 312 g/mol. The average molecular weight is 337 g/mol. The van der Waals surface area contributed by atoms with Crippen LogP contribution in [0.1, 0.15) is 50.4 Å². The van der Waals surface area contributed by atoms with Gasteiger partial charge in [0.1, 0.15) is 0 Å². The zero-order valence-corrected chi connectivity index (χ0v) is 14.8. The molecule has 126 valence electrons. The van der Waals surface area contributed by atoms with Crippen LogP contribution in [0.15, 0.2) is 24.3 Å². The van der Waals surface area contributed by atoms with Crippen molar-refractivity contribution in [2.24, 2.45) is 5.92 Å². The number of carbonyl (C=O) groups excluding carboxylic acids is 2. The van der Waals surface area contributed by atoms with E-state index in [9.17, 15) is 9.59 Å². The average Bonchev–Trinajstić information content (AvgIpc) is 2.54. The van der Waals surface area contributed by atoms with Gasteiger partial charge in [0.05, 0.1) is 5.92 Å². The monoisotopic (exact) mass is 336 g/mol. The standard InChI is InChI=1S/C18H25ClN2O2/c1-4-18(2,3)20-16(22)14-6-5-11-21(12-14)17(23)13-7-9-15(19)10-8-13/h7-10,14H,4-6,11-12H2,1-3H3,(H,20,22). The van der Waals surface area contributed by atoms with Crippen molar-refractivity contribution < 1.29 is 9.59 Å². The number of benzene rings is 1. The number of carbonyl (C=O) groups is 2. The second-order valence-electron chi connectivity index (χ2n) is 6.82. The number of amides is 2. The van der Waals surface area contributed by atoms with Gasteiger partial charge in [0, 0.05) is 29.2 Å². The van der Waals surface area contributed by atoms with Crippen LogP contribution in [0.3, 0.4) is 0 Å². The fourth-order valence-electron chi connectivity index (χ4n) is 2.67. The molecule has 23 heavy (non-hydrogen) atoms. The molecule has 1 N–H and O–H groups in total. The van der Waals surface area contributed by atoms with E-state index in [0.717, 1.165) is 19.3 Å². The summed E-state index contributed by atoms with van der Waals surface area (Å²) in [6.45, 7) is 7.27. The highest BCUT2D eigenvalue weighted by molar-refractivity contribution is 6.30. The highest BCUT2D eigenvalue weighted by Gasteiger charge is 2.31. The minimum Gasteiger partial charge on any atom is -0.351 e. The summed E-state index contributed by atoms with van der Waals surface area (Å²) in [5.74, 6) is -0.120. The summed E-state index contributed by atoms with van der Waals surface area (Å²) in [5, 5.41) is 3.70. The van der Waals surface area contributed by atoms with Crippen molar-refractivity contribution in [3.8, 4) is 0 Å². The van der Waals surface area contributed by atoms with Crippen molar-refractivity contribution in [3.63, 3.8) is 0 Å². The Labute approximate surface area is 143 Å². The Morgan fingerprint density at radius 3 is 2.57 bits per heavy atom. The van der Waals surface area contributed by atoms with Crippen LogP contribution < -0.4 is 5.32 Å². The predicted octanol–water partition coefficient (Wildman–Crippen LogP) is 3.50. The van der Waals surface area contributed by atoms with E-state index in [0.29, 0.717) is 23.7 Å². The van der Waals surface area contributed by atoms with E-state index in [-0.39, 0.29) is 23.3 Å². The molecule has 5 heteroatoms. The summed E-state index contributed by atoms with van der Waals surface area (Å²) >= 11 is 5.86. The van der Waals surface area contributed by atoms with Gasteiger partial charge in [-0.1, -0.05) is 18.5 Å². The minimum atomic E-state index is -0.209. The smallest absolute Gasteiger partial charge is 0.253 e. The van der Waals surface area contributed by atoms with E-state index >= 15 is 0 Å². The van der Waals surface area contributed by atoms with Crippen LogP contribution in [0.5, 0.6) is 0 Å². The van der Waals surface area contributed by atoms with Gasteiger partial charge in [-0.2, -0.15) is 0 Å². The molecule has 1 aromatic carbocycles. The van der Waals surface area contributed by atoms with E-state index in [1.54, 1.807) is 29.2 Å². The Bertz CT molecular complexity index is 569. The molecule has 2 rings (SSSR count). The third kappa shape index (κ3) is 4.71. The number of halogens is 1. The van der Waals surface area contributed by atoms with Crippen LogP contribution in [0, 0.1) is 5.92 Å². The lowest BCUT2D eigenvalue weighted by molar-refractivity contribution is -0.128. The SMILES string of the molecule is CCC(C)(C)NC(=O)C1CCCN(C(=O)c2ccc(Cl)cc2)C1. The number of likely N-dealkylation sites (tertiary alicyclic amines) is 1. The van der Waals surface area contributed by atoms with Crippen LogP contribution >= 0.6 is 11.6 Å². The Kier molecular flexibility index (Phi) is 5.69. The van der Waals surface area contributed by atoms with Crippen LogP contribution in [0.4, 0.5) is 0 Å². The highest BCUT2D eigenvalue weighted by atomic mass is 35.5. The second kappa shape index (κ2) is 7.35. The minimum absolute atomic E-state index is 0.0334. The van der Waals surface area contributed by atoms with Crippen molar-refractivity contribution >= 4 is 23.4 Å². The van der Waals surface area contributed by atoms with Gasteiger partial charge < -0.3 is 10.2 Å². The Hall–Kier alpha value is -1.55. The van der Waals surface area contributed by atoms with Crippen molar-refractivity contribution in [2.45, 2.75) is 45.6 Å². The van der Waals surface area contributed by atoms with E-state index in [1.165, 1.54) is 0 Å². The molecule has 1 aliphatic heterocycles. The first kappa shape index (κ1) is 17.8. The lowest BCUT2D eigenvalue weighted by Gasteiger charge is -2.34. The zero-order chi connectivity index (χ0) is 17.0. The lowest BCUT2D eigenvalue weighted by Crippen LogP contribution is -2.50. The Morgan fingerprint density at radius 2 is 1.96 bits per heavy atom. The summed E-state index contributed by atoms with van der Waals surface area (Å²) in [6.07, 6.45) is 2.55. The number of piperidine rings is 1. The fourth-order valence-corrected chi connectivity index (χ4v) is 2.80. The first-order valence-electron chi connectivity index (χ1n) is 8.19. The largest absolute Gasteiger partial charge is 0.351 e. The molecule has 0 aliphatic carbocycles. The summed E-state index contributed by atoms with van der Waals surface area (Å²) in [5.41, 5.74) is 0.406.